The van der Waals surface area contributed by atoms with E-state index in [0.717, 1.165) is 5.56 Å². The molecule has 0 aliphatic heterocycles. The van der Waals surface area contributed by atoms with Crippen molar-refractivity contribution in [2.45, 2.75) is 92.0 Å². The van der Waals surface area contributed by atoms with Gasteiger partial charge >= 0.3 is 0 Å². The zero-order valence-electron chi connectivity index (χ0n) is 27.6. The zero-order chi connectivity index (χ0) is 34.4. The number of rotatable bonds is 17. The van der Waals surface area contributed by atoms with Gasteiger partial charge in [-0.25, -0.2) is 4.98 Å². The topological polar surface area (TPSA) is 188 Å². The second-order valence-electron chi connectivity index (χ2n) is 12.2. The van der Waals surface area contributed by atoms with Gasteiger partial charge in [-0.3, -0.25) is 33.8 Å². The van der Waals surface area contributed by atoms with Gasteiger partial charge in [0.15, 0.2) is 0 Å². The van der Waals surface area contributed by atoms with Crippen LogP contribution >= 0.6 is 0 Å². The van der Waals surface area contributed by atoms with E-state index in [-0.39, 0.29) is 42.8 Å². The molecule has 0 fully saturated rings. The quantitative estimate of drug-likeness (QED) is 0.162. The molecule has 5 amide bonds. The Kier molecular flexibility index (Phi) is 14.9. The van der Waals surface area contributed by atoms with Crippen LogP contribution in [0, 0.1) is 17.8 Å². The smallest absolute Gasteiger partial charge is 0.289 e. The van der Waals surface area contributed by atoms with Gasteiger partial charge in [-0.2, -0.15) is 0 Å². The summed E-state index contributed by atoms with van der Waals surface area (Å²) in [5.74, 6) is -4.74. The maximum atomic E-state index is 13.5. The standard InChI is InChI=1S/C33H47N7O6/c1-8-23(28(41)33(46)36-17-22-12-10-9-11-13-22)37-29(42)24(16-19(2)3)38-31(44)26(20(4)5)40-32(45)27(21(6)7)39-30(43)25-18-34-14-15-35-25/h9-15,18-21,23-24,26-27H,8,16-17H2,1-7H3,(H,36,46)(H,37,42)(H,38,44)(H,39,43)(H,40,45)/t23-,24-,26-,27-/m0/s1. The molecule has 4 atom stereocenters. The molecular formula is C33H47N7O6. The Balaban J connectivity index is 2.11. The molecule has 5 N–H and O–H groups in total. The molecule has 1 heterocycles. The molecule has 13 heteroatoms. The SMILES string of the molecule is CC[C@H](NC(=O)[C@H](CC(C)C)NC(=O)[C@@H](NC(=O)[C@@H](NC(=O)c1cnccn1)C(C)C)C(C)C)C(=O)C(=O)NCc1ccccc1. The van der Waals surface area contributed by atoms with Crippen LogP contribution in [0.15, 0.2) is 48.9 Å². The summed E-state index contributed by atoms with van der Waals surface area (Å²) in [6.07, 6.45) is 4.47. The molecule has 2 rings (SSSR count). The van der Waals surface area contributed by atoms with Crippen molar-refractivity contribution in [1.29, 1.82) is 0 Å². The predicted octanol–water partition coefficient (Wildman–Crippen LogP) is 1.68. The van der Waals surface area contributed by atoms with Crippen molar-refractivity contribution in [2.24, 2.45) is 17.8 Å². The van der Waals surface area contributed by atoms with E-state index in [1.54, 1.807) is 34.6 Å². The van der Waals surface area contributed by atoms with Crippen LogP contribution in [-0.2, 0) is 30.5 Å². The van der Waals surface area contributed by atoms with Gasteiger partial charge in [-0.05, 0) is 36.2 Å². The molecule has 1 aromatic carbocycles. The van der Waals surface area contributed by atoms with Crippen LogP contribution in [-0.4, -0.2) is 69.5 Å². The number of carbonyl (C=O) groups excluding carboxylic acids is 6. The highest BCUT2D eigenvalue weighted by Crippen LogP contribution is 2.11. The van der Waals surface area contributed by atoms with Crippen LogP contribution in [0.25, 0.3) is 0 Å². The molecule has 0 radical (unpaired) electrons. The number of benzene rings is 1. The third kappa shape index (κ3) is 11.7. The van der Waals surface area contributed by atoms with Crippen molar-refractivity contribution in [3.8, 4) is 0 Å². The van der Waals surface area contributed by atoms with Gasteiger partial charge in [-0.15, -0.1) is 0 Å². The first-order valence-corrected chi connectivity index (χ1v) is 15.6. The predicted molar refractivity (Wildman–Crippen MR) is 172 cm³/mol. The third-order valence-electron chi connectivity index (χ3n) is 7.18. The number of nitrogens with one attached hydrogen (secondary N) is 5. The number of amides is 5. The zero-order valence-corrected chi connectivity index (χ0v) is 27.6. The highest BCUT2D eigenvalue weighted by Gasteiger charge is 2.34. The summed E-state index contributed by atoms with van der Waals surface area (Å²) in [5.41, 5.74) is 0.860. The molecule has 250 valence electrons. The average molecular weight is 638 g/mol. The molecule has 0 aliphatic carbocycles. The van der Waals surface area contributed by atoms with Crippen LogP contribution < -0.4 is 26.6 Å². The molecular weight excluding hydrogens is 590 g/mol. The van der Waals surface area contributed by atoms with Gasteiger partial charge in [-0.1, -0.05) is 78.8 Å². The molecule has 0 aliphatic rings. The summed E-state index contributed by atoms with van der Waals surface area (Å²) in [4.78, 5) is 86.3. The van der Waals surface area contributed by atoms with Crippen LogP contribution in [0.3, 0.4) is 0 Å². The summed E-state index contributed by atoms with van der Waals surface area (Å²) in [7, 11) is 0. The Labute approximate surface area is 270 Å². The number of nitrogens with zero attached hydrogens (tertiary/aromatic N) is 2. The minimum atomic E-state index is -1.10. The molecule has 0 unspecified atom stereocenters. The maximum absolute atomic E-state index is 13.5. The molecule has 0 saturated carbocycles. The number of carbonyl (C=O) groups is 6. The first kappa shape index (κ1) is 37.5. The highest BCUT2D eigenvalue weighted by atomic mass is 16.2. The van der Waals surface area contributed by atoms with Crippen LogP contribution in [0.4, 0.5) is 0 Å². The lowest BCUT2D eigenvalue weighted by molar-refractivity contribution is -0.140. The summed E-state index contributed by atoms with van der Waals surface area (Å²) >= 11 is 0. The first-order valence-electron chi connectivity index (χ1n) is 15.6. The Morgan fingerprint density at radius 3 is 1.85 bits per heavy atom. The number of ketones is 1. The van der Waals surface area contributed by atoms with Crippen LogP contribution in [0.1, 0.15) is 77.4 Å². The molecule has 46 heavy (non-hydrogen) atoms. The lowest BCUT2D eigenvalue weighted by Crippen LogP contribution is -2.60. The van der Waals surface area contributed by atoms with E-state index in [9.17, 15) is 28.8 Å². The van der Waals surface area contributed by atoms with Crippen molar-refractivity contribution < 1.29 is 28.8 Å². The fraction of sp³-hybridized carbons (Fsp3) is 0.515. The molecule has 0 saturated heterocycles. The molecule has 0 spiro atoms. The highest BCUT2D eigenvalue weighted by molar-refractivity contribution is 6.38. The van der Waals surface area contributed by atoms with E-state index in [2.05, 4.69) is 36.6 Å². The minimum absolute atomic E-state index is 0.0188. The minimum Gasteiger partial charge on any atom is -0.345 e. The molecule has 13 nitrogen and oxygen atoms in total. The molecule has 1 aromatic heterocycles. The van der Waals surface area contributed by atoms with Gasteiger partial charge in [0.25, 0.3) is 11.8 Å². The van der Waals surface area contributed by atoms with E-state index in [1.165, 1.54) is 18.6 Å². The van der Waals surface area contributed by atoms with Crippen molar-refractivity contribution in [1.82, 2.24) is 36.6 Å². The number of hydrogen-bond acceptors (Lipinski definition) is 8. The van der Waals surface area contributed by atoms with Crippen LogP contribution in [0.5, 0.6) is 0 Å². The summed E-state index contributed by atoms with van der Waals surface area (Å²) in [5, 5.41) is 13.3. The second kappa shape index (κ2) is 18.3. The van der Waals surface area contributed by atoms with Crippen molar-refractivity contribution in [3.05, 3.63) is 60.2 Å². The fourth-order valence-corrected chi connectivity index (χ4v) is 4.56. The normalized spacial score (nSPS) is 13.7. The van der Waals surface area contributed by atoms with E-state index in [4.69, 9.17) is 0 Å². The van der Waals surface area contributed by atoms with E-state index in [1.807, 2.05) is 44.2 Å². The number of hydrogen-bond donors (Lipinski definition) is 5. The van der Waals surface area contributed by atoms with E-state index < -0.39 is 59.5 Å². The largest absolute Gasteiger partial charge is 0.345 e. The molecule has 0 bridgehead atoms. The Morgan fingerprint density at radius 1 is 0.717 bits per heavy atom. The lowest BCUT2D eigenvalue weighted by atomic mass is 9.98. The second-order valence-corrected chi connectivity index (χ2v) is 12.2. The van der Waals surface area contributed by atoms with Crippen LogP contribution in [0.2, 0.25) is 0 Å². The van der Waals surface area contributed by atoms with Crippen molar-refractivity contribution in [3.63, 3.8) is 0 Å². The fourth-order valence-electron chi connectivity index (χ4n) is 4.56. The van der Waals surface area contributed by atoms with Crippen molar-refractivity contribution in [2.75, 3.05) is 0 Å². The maximum Gasteiger partial charge on any atom is 0.289 e. The lowest BCUT2D eigenvalue weighted by Gasteiger charge is -2.29. The monoisotopic (exact) mass is 637 g/mol. The van der Waals surface area contributed by atoms with Gasteiger partial charge in [0.05, 0.1) is 12.2 Å². The number of Topliss-reactive ketones (excluding diaryl/α,β-unsaturated/α-hetero) is 1. The first-order chi connectivity index (χ1) is 21.7. The Hall–Kier alpha value is -4.68. The van der Waals surface area contributed by atoms with Gasteiger partial charge in [0.1, 0.15) is 23.8 Å². The van der Waals surface area contributed by atoms with Gasteiger partial charge in [0, 0.05) is 18.9 Å². The van der Waals surface area contributed by atoms with Gasteiger partial charge in [0.2, 0.25) is 23.5 Å². The molecule has 2 aromatic rings. The van der Waals surface area contributed by atoms with Gasteiger partial charge < -0.3 is 26.6 Å². The average Bonchev–Trinajstić information content (AvgIpc) is 3.03. The van der Waals surface area contributed by atoms with E-state index >= 15 is 0 Å². The van der Waals surface area contributed by atoms with Crippen molar-refractivity contribution >= 4 is 35.3 Å². The Bertz CT molecular complexity index is 1330. The summed E-state index contributed by atoms with van der Waals surface area (Å²) in [6.45, 7) is 12.6. The summed E-state index contributed by atoms with van der Waals surface area (Å²) in [6, 6.07) is 4.94. The number of aromatic nitrogens is 2. The van der Waals surface area contributed by atoms with E-state index in [0.29, 0.717) is 0 Å². The summed E-state index contributed by atoms with van der Waals surface area (Å²) < 4.78 is 0. The Morgan fingerprint density at radius 2 is 1.30 bits per heavy atom. The third-order valence-corrected chi connectivity index (χ3v) is 7.18.